The Morgan fingerprint density at radius 2 is 1.94 bits per heavy atom. The summed E-state index contributed by atoms with van der Waals surface area (Å²) < 4.78 is 10.0. The van der Waals surface area contributed by atoms with Gasteiger partial charge in [0.1, 0.15) is 17.3 Å². The molecule has 0 amide bonds. The van der Waals surface area contributed by atoms with Crippen molar-refractivity contribution < 1.29 is 19.1 Å². The van der Waals surface area contributed by atoms with Crippen LogP contribution in [0.15, 0.2) is 18.2 Å². The van der Waals surface area contributed by atoms with Crippen LogP contribution in [0.1, 0.15) is 19.4 Å². The molecule has 4 nitrogen and oxygen atoms in total. The second-order valence-electron chi connectivity index (χ2n) is 3.45. The van der Waals surface area contributed by atoms with E-state index < -0.39 is 0 Å². The Hall–Kier alpha value is -1.84. The normalized spacial score (nSPS) is 9.69. The van der Waals surface area contributed by atoms with E-state index in [2.05, 4.69) is 0 Å². The van der Waals surface area contributed by atoms with Crippen LogP contribution in [-0.4, -0.2) is 18.9 Å². The second-order valence-corrected chi connectivity index (χ2v) is 3.45. The van der Waals surface area contributed by atoms with Crippen LogP contribution < -0.4 is 9.47 Å². The predicted octanol–water partition coefficient (Wildman–Crippen LogP) is 1.75. The fraction of sp³-hybridized carbons (Fsp3) is 0.333. The van der Waals surface area contributed by atoms with Crippen LogP contribution in [0.4, 0.5) is 0 Å². The maximum absolute atomic E-state index is 11.0. The monoisotopic (exact) mass is 222 g/mol. The first-order chi connectivity index (χ1) is 7.52. The van der Waals surface area contributed by atoms with Gasteiger partial charge < -0.3 is 9.47 Å². The summed E-state index contributed by atoms with van der Waals surface area (Å²) in [5, 5.41) is 0. The zero-order chi connectivity index (χ0) is 12.1. The van der Waals surface area contributed by atoms with E-state index in [9.17, 15) is 9.59 Å². The van der Waals surface area contributed by atoms with Crippen molar-refractivity contribution in [1.82, 2.24) is 0 Å². The van der Waals surface area contributed by atoms with Crippen LogP contribution in [0.3, 0.4) is 0 Å². The molecule has 0 aromatic heterocycles. The number of ketones is 1. The molecule has 0 heterocycles. The quantitative estimate of drug-likeness (QED) is 0.575. The summed E-state index contributed by atoms with van der Waals surface area (Å²) in [7, 11) is 1.51. The van der Waals surface area contributed by atoms with Crippen molar-refractivity contribution >= 4 is 11.8 Å². The zero-order valence-electron chi connectivity index (χ0n) is 9.57. The number of methoxy groups -OCH3 is 1. The summed E-state index contributed by atoms with van der Waals surface area (Å²) in [5.41, 5.74) is 0.783. The minimum atomic E-state index is -0.388. The van der Waals surface area contributed by atoms with Crippen molar-refractivity contribution in [3.8, 4) is 11.5 Å². The van der Waals surface area contributed by atoms with Gasteiger partial charge in [-0.3, -0.25) is 9.59 Å². The molecule has 0 atom stereocenters. The SMILES string of the molecule is COc1cc(OC(C)=O)ccc1CC(C)=O. The lowest BCUT2D eigenvalue weighted by molar-refractivity contribution is -0.131. The van der Waals surface area contributed by atoms with Crippen LogP contribution in [0, 0.1) is 0 Å². The van der Waals surface area contributed by atoms with E-state index >= 15 is 0 Å². The van der Waals surface area contributed by atoms with E-state index in [0.29, 0.717) is 17.9 Å². The molecule has 0 unspecified atom stereocenters. The number of ether oxygens (including phenoxy) is 2. The van der Waals surface area contributed by atoms with Crippen molar-refractivity contribution in [2.45, 2.75) is 20.3 Å². The molecule has 0 N–H and O–H groups in total. The van der Waals surface area contributed by atoms with E-state index in [4.69, 9.17) is 9.47 Å². The molecule has 0 aliphatic rings. The van der Waals surface area contributed by atoms with Gasteiger partial charge in [0.15, 0.2) is 0 Å². The molecular weight excluding hydrogens is 208 g/mol. The average molecular weight is 222 g/mol. The summed E-state index contributed by atoms with van der Waals surface area (Å²) in [6.07, 6.45) is 0.309. The van der Waals surface area contributed by atoms with Crippen molar-refractivity contribution in [1.29, 1.82) is 0 Å². The summed E-state index contributed by atoms with van der Waals surface area (Å²) in [4.78, 5) is 21.8. The molecule has 1 aromatic rings. The first kappa shape index (κ1) is 12.2. The Morgan fingerprint density at radius 3 is 2.44 bits per heavy atom. The molecule has 16 heavy (non-hydrogen) atoms. The van der Waals surface area contributed by atoms with Gasteiger partial charge in [-0.2, -0.15) is 0 Å². The van der Waals surface area contributed by atoms with Crippen molar-refractivity contribution in [3.63, 3.8) is 0 Å². The molecule has 0 saturated heterocycles. The predicted molar refractivity (Wildman–Crippen MR) is 58.7 cm³/mol. The highest BCUT2D eigenvalue weighted by Gasteiger charge is 2.08. The van der Waals surface area contributed by atoms with Gasteiger partial charge in [-0.1, -0.05) is 6.07 Å². The highest BCUT2D eigenvalue weighted by molar-refractivity contribution is 5.79. The van der Waals surface area contributed by atoms with E-state index in [1.165, 1.54) is 21.0 Å². The topological polar surface area (TPSA) is 52.6 Å². The van der Waals surface area contributed by atoms with Gasteiger partial charge in [-0.05, 0) is 13.0 Å². The third-order valence-corrected chi connectivity index (χ3v) is 1.96. The molecule has 1 aromatic carbocycles. The third kappa shape index (κ3) is 3.38. The number of rotatable bonds is 4. The molecule has 0 bridgehead atoms. The number of hydrogen-bond acceptors (Lipinski definition) is 4. The minimum Gasteiger partial charge on any atom is -0.496 e. The summed E-state index contributed by atoms with van der Waals surface area (Å²) in [6.45, 7) is 2.84. The van der Waals surface area contributed by atoms with Gasteiger partial charge in [-0.25, -0.2) is 0 Å². The summed E-state index contributed by atoms with van der Waals surface area (Å²) >= 11 is 0. The van der Waals surface area contributed by atoms with Gasteiger partial charge in [-0.15, -0.1) is 0 Å². The van der Waals surface area contributed by atoms with E-state index in [1.54, 1.807) is 18.2 Å². The lowest BCUT2D eigenvalue weighted by Crippen LogP contribution is -2.03. The number of carbonyl (C=O) groups is 2. The zero-order valence-corrected chi connectivity index (χ0v) is 9.57. The van der Waals surface area contributed by atoms with Gasteiger partial charge in [0.25, 0.3) is 0 Å². The molecular formula is C12H14O4. The van der Waals surface area contributed by atoms with Crippen LogP contribution in [0.2, 0.25) is 0 Å². The molecule has 1 rings (SSSR count). The highest BCUT2D eigenvalue weighted by atomic mass is 16.5. The lowest BCUT2D eigenvalue weighted by atomic mass is 10.1. The Labute approximate surface area is 94.2 Å². The summed E-state index contributed by atoms with van der Waals surface area (Å²) in [5.74, 6) is 0.630. The Kier molecular flexibility index (Phi) is 4.05. The average Bonchev–Trinajstić information content (AvgIpc) is 2.18. The second kappa shape index (κ2) is 5.30. The number of carbonyl (C=O) groups excluding carboxylic acids is 2. The molecule has 0 saturated carbocycles. The van der Waals surface area contributed by atoms with E-state index in [0.717, 1.165) is 5.56 Å². The van der Waals surface area contributed by atoms with Crippen LogP contribution in [0.25, 0.3) is 0 Å². The van der Waals surface area contributed by atoms with Gasteiger partial charge in [0, 0.05) is 25.0 Å². The van der Waals surface area contributed by atoms with Crippen molar-refractivity contribution in [2.24, 2.45) is 0 Å². The van der Waals surface area contributed by atoms with Crippen molar-refractivity contribution in [2.75, 3.05) is 7.11 Å². The fourth-order valence-electron chi connectivity index (χ4n) is 1.37. The van der Waals surface area contributed by atoms with E-state index in [1.807, 2.05) is 0 Å². The van der Waals surface area contributed by atoms with E-state index in [-0.39, 0.29) is 11.8 Å². The molecule has 86 valence electrons. The standard InChI is InChI=1S/C12H14O4/c1-8(13)6-10-4-5-11(16-9(2)14)7-12(10)15-3/h4-5,7H,6H2,1-3H3. The minimum absolute atomic E-state index is 0.0542. The number of esters is 1. The fourth-order valence-corrected chi connectivity index (χ4v) is 1.37. The molecule has 4 heteroatoms. The first-order valence-electron chi connectivity index (χ1n) is 4.87. The maximum atomic E-state index is 11.0. The smallest absolute Gasteiger partial charge is 0.308 e. The molecule has 0 aliphatic heterocycles. The van der Waals surface area contributed by atoms with Gasteiger partial charge in [0.05, 0.1) is 7.11 Å². The number of benzene rings is 1. The van der Waals surface area contributed by atoms with Crippen molar-refractivity contribution in [3.05, 3.63) is 23.8 Å². The number of hydrogen-bond donors (Lipinski definition) is 0. The number of Topliss-reactive ketones (excluding diaryl/α,β-unsaturated/α-hetero) is 1. The molecule has 0 aliphatic carbocycles. The lowest BCUT2D eigenvalue weighted by Gasteiger charge is -2.09. The van der Waals surface area contributed by atoms with Gasteiger partial charge in [0.2, 0.25) is 0 Å². The first-order valence-corrected chi connectivity index (χ1v) is 4.87. The van der Waals surface area contributed by atoms with Crippen LogP contribution in [0.5, 0.6) is 11.5 Å². The van der Waals surface area contributed by atoms with Crippen LogP contribution >= 0.6 is 0 Å². The maximum Gasteiger partial charge on any atom is 0.308 e. The molecule has 0 fully saturated rings. The van der Waals surface area contributed by atoms with Gasteiger partial charge >= 0.3 is 5.97 Å². The Morgan fingerprint density at radius 1 is 1.25 bits per heavy atom. The molecule has 0 radical (unpaired) electrons. The Bertz CT molecular complexity index is 409. The highest BCUT2D eigenvalue weighted by Crippen LogP contribution is 2.25. The summed E-state index contributed by atoms with van der Waals surface area (Å²) in [6, 6.07) is 4.96. The Balaban J connectivity index is 2.96. The largest absolute Gasteiger partial charge is 0.496 e. The van der Waals surface area contributed by atoms with Crippen LogP contribution in [-0.2, 0) is 16.0 Å². The molecule has 0 spiro atoms. The third-order valence-electron chi connectivity index (χ3n) is 1.96.